The molecule has 0 amide bonds. The van der Waals surface area contributed by atoms with Crippen LogP contribution in [-0.4, -0.2) is 35.6 Å². The van der Waals surface area contributed by atoms with Crippen molar-refractivity contribution in [1.29, 1.82) is 0 Å². The monoisotopic (exact) mass is 325 g/mol. The van der Waals surface area contributed by atoms with Gasteiger partial charge in [-0.2, -0.15) is 5.10 Å². The van der Waals surface area contributed by atoms with Gasteiger partial charge in [-0.05, 0) is 18.6 Å². The van der Waals surface area contributed by atoms with Crippen molar-refractivity contribution >= 4 is 11.6 Å². The van der Waals surface area contributed by atoms with Gasteiger partial charge in [0, 0.05) is 30.8 Å². The molecule has 0 radical (unpaired) electrons. The minimum Gasteiger partial charge on any atom is -0.493 e. The Morgan fingerprint density at radius 2 is 2.36 bits per heavy atom. The number of halogens is 2. The molecule has 1 saturated heterocycles. The van der Waals surface area contributed by atoms with Gasteiger partial charge >= 0.3 is 0 Å². The second kappa shape index (κ2) is 6.64. The second-order valence-corrected chi connectivity index (χ2v) is 5.75. The lowest BCUT2D eigenvalue weighted by Gasteiger charge is -2.28. The van der Waals surface area contributed by atoms with Crippen LogP contribution in [0.2, 0.25) is 5.02 Å². The van der Waals surface area contributed by atoms with Crippen molar-refractivity contribution in [3.63, 3.8) is 0 Å². The smallest absolute Gasteiger partial charge is 0.152 e. The van der Waals surface area contributed by atoms with Crippen molar-refractivity contribution in [1.82, 2.24) is 9.78 Å². The highest BCUT2D eigenvalue weighted by Crippen LogP contribution is 2.22. The first kappa shape index (κ1) is 15.3. The molecule has 3 rings (SSSR count). The molecule has 5 nitrogen and oxygen atoms in total. The van der Waals surface area contributed by atoms with Gasteiger partial charge in [-0.1, -0.05) is 11.6 Å². The molecule has 2 atom stereocenters. The molecule has 0 saturated carbocycles. The minimum atomic E-state index is -0.429. The number of aromatic nitrogens is 2. The van der Waals surface area contributed by atoms with Gasteiger partial charge < -0.3 is 15.2 Å². The SMILES string of the molecule is NC1CCOCC1COc1ccc(-n2cc(Cl)cn2)c(F)c1. The van der Waals surface area contributed by atoms with Gasteiger partial charge in [-0.25, -0.2) is 9.07 Å². The maximum absolute atomic E-state index is 14.2. The molecule has 2 N–H and O–H groups in total. The van der Waals surface area contributed by atoms with Crippen LogP contribution in [0.15, 0.2) is 30.6 Å². The molecule has 118 valence electrons. The Kier molecular flexibility index (Phi) is 4.61. The van der Waals surface area contributed by atoms with E-state index in [1.807, 2.05) is 0 Å². The molecule has 1 aromatic heterocycles. The summed E-state index contributed by atoms with van der Waals surface area (Å²) < 4.78 is 26.6. The Bertz CT molecular complexity index is 649. The van der Waals surface area contributed by atoms with Crippen LogP contribution in [0.25, 0.3) is 5.69 Å². The number of benzene rings is 1. The third-order valence-corrected chi connectivity index (χ3v) is 3.91. The molecule has 0 spiro atoms. The number of hydrogen-bond acceptors (Lipinski definition) is 4. The molecule has 2 heterocycles. The van der Waals surface area contributed by atoms with Gasteiger partial charge in [0.1, 0.15) is 11.4 Å². The fraction of sp³-hybridized carbons (Fsp3) is 0.400. The van der Waals surface area contributed by atoms with Gasteiger partial charge in [0.15, 0.2) is 5.82 Å². The Labute approximate surface area is 132 Å². The summed E-state index contributed by atoms with van der Waals surface area (Å²) in [6.45, 7) is 1.68. The maximum Gasteiger partial charge on any atom is 0.152 e. The topological polar surface area (TPSA) is 62.3 Å². The zero-order valence-corrected chi connectivity index (χ0v) is 12.7. The second-order valence-electron chi connectivity index (χ2n) is 5.31. The summed E-state index contributed by atoms with van der Waals surface area (Å²) in [4.78, 5) is 0. The highest BCUT2D eigenvalue weighted by Gasteiger charge is 2.23. The van der Waals surface area contributed by atoms with E-state index in [0.717, 1.165) is 6.42 Å². The molecule has 0 aliphatic carbocycles. The molecule has 1 fully saturated rings. The van der Waals surface area contributed by atoms with Crippen molar-refractivity contribution in [2.24, 2.45) is 11.7 Å². The lowest BCUT2D eigenvalue weighted by atomic mass is 9.98. The molecular formula is C15H17ClFN3O2. The molecule has 1 aromatic carbocycles. The van der Waals surface area contributed by atoms with E-state index < -0.39 is 5.82 Å². The largest absolute Gasteiger partial charge is 0.493 e. The Hall–Kier alpha value is -1.63. The number of nitrogens with two attached hydrogens (primary N) is 1. The first-order valence-corrected chi connectivity index (χ1v) is 7.47. The van der Waals surface area contributed by atoms with E-state index in [-0.39, 0.29) is 12.0 Å². The van der Waals surface area contributed by atoms with Crippen molar-refractivity contribution in [3.05, 3.63) is 41.4 Å². The van der Waals surface area contributed by atoms with E-state index in [1.165, 1.54) is 16.9 Å². The zero-order valence-electron chi connectivity index (χ0n) is 11.9. The summed E-state index contributed by atoms with van der Waals surface area (Å²) in [6, 6.07) is 4.69. The first-order chi connectivity index (χ1) is 10.6. The van der Waals surface area contributed by atoms with Crippen LogP contribution in [-0.2, 0) is 4.74 Å². The fourth-order valence-corrected chi connectivity index (χ4v) is 2.52. The highest BCUT2D eigenvalue weighted by atomic mass is 35.5. The quantitative estimate of drug-likeness (QED) is 0.937. The standard InChI is InChI=1S/C15H17ClFN3O2/c16-11-6-19-20(7-11)15-2-1-12(5-13(15)17)22-9-10-8-21-4-3-14(10)18/h1-2,5-7,10,14H,3-4,8-9,18H2. The van der Waals surface area contributed by atoms with Crippen LogP contribution in [0.1, 0.15) is 6.42 Å². The molecule has 22 heavy (non-hydrogen) atoms. The minimum absolute atomic E-state index is 0.0593. The van der Waals surface area contributed by atoms with E-state index in [2.05, 4.69) is 5.10 Å². The van der Waals surface area contributed by atoms with Crippen molar-refractivity contribution in [3.8, 4) is 11.4 Å². The number of hydrogen-bond donors (Lipinski definition) is 1. The Morgan fingerprint density at radius 1 is 1.50 bits per heavy atom. The van der Waals surface area contributed by atoms with Crippen LogP contribution in [0.3, 0.4) is 0 Å². The molecule has 7 heteroatoms. The summed E-state index contributed by atoms with van der Waals surface area (Å²) in [5.41, 5.74) is 6.33. The first-order valence-electron chi connectivity index (χ1n) is 7.09. The van der Waals surface area contributed by atoms with Crippen LogP contribution in [0.4, 0.5) is 4.39 Å². The third-order valence-electron chi connectivity index (χ3n) is 3.71. The Morgan fingerprint density at radius 3 is 3.05 bits per heavy atom. The number of ether oxygens (including phenoxy) is 2. The van der Waals surface area contributed by atoms with Crippen LogP contribution in [0, 0.1) is 11.7 Å². The van der Waals surface area contributed by atoms with Crippen LogP contribution in [0.5, 0.6) is 5.75 Å². The lowest BCUT2D eigenvalue weighted by molar-refractivity contribution is 0.0226. The third kappa shape index (κ3) is 3.40. The van der Waals surface area contributed by atoms with E-state index in [1.54, 1.807) is 18.3 Å². The average Bonchev–Trinajstić information content (AvgIpc) is 2.93. The molecule has 2 aromatic rings. The molecule has 1 aliphatic rings. The normalized spacial score (nSPS) is 21.8. The maximum atomic E-state index is 14.2. The summed E-state index contributed by atoms with van der Waals surface area (Å²) in [7, 11) is 0. The summed E-state index contributed by atoms with van der Waals surface area (Å²) in [5.74, 6) is 0.153. The van der Waals surface area contributed by atoms with Gasteiger partial charge in [0.25, 0.3) is 0 Å². The van der Waals surface area contributed by atoms with Gasteiger partial charge in [-0.15, -0.1) is 0 Å². The summed E-state index contributed by atoms with van der Waals surface area (Å²) in [6.07, 6.45) is 3.82. The number of nitrogens with zero attached hydrogens (tertiary/aromatic N) is 2. The molecule has 0 bridgehead atoms. The molecule has 1 aliphatic heterocycles. The van der Waals surface area contributed by atoms with E-state index >= 15 is 0 Å². The zero-order chi connectivity index (χ0) is 15.5. The predicted octanol–water partition coefficient (Wildman–Crippen LogP) is 2.41. The van der Waals surface area contributed by atoms with Crippen molar-refractivity contribution in [2.45, 2.75) is 12.5 Å². The van der Waals surface area contributed by atoms with Crippen LogP contribution >= 0.6 is 11.6 Å². The lowest BCUT2D eigenvalue weighted by Crippen LogP contribution is -2.41. The fourth-order valence-electron chi connectivity index (χ4n) is 2.38. The van der Waals surface area contributed by atoms with Crippen LogP contribution < -0.4 is 10.5 Å². The van der Waals surface area contributed by atoms with E-state index in [4.69, 9.17) is 26.8 Å². The van der Waals surface area contributed by atoms with Gasteiger partial charge in [0.2, 0.25) is 0 Å². The molecular weight excluding hydrogens is 309 g/mol. The van der Waals surface area contributed by atoms with Crippen molar-refractivity contribution < 1.29 is 13.9 Å². The number of rotatable bonds is 4. The van der Waals surface area contributed by atoms with Gasteiger partial charge in [0.05, 0.1) is 24.4 Å². The summed E-state index contributed by atoms with van der Waals surface area (Å²) in [5, 5.41) is 4.43. The van der Waals surface area contributed by atoms with Gasteiger partial charge in [-0.3, -0.25) is 0 Å². The van der Waals surface area contributed by atoms with E-state index in [9.17, 15) is 4.39 Å². The van der Waals surface area contributed by atoms with Crippen molar-refractivity contribution in [2.75, 3.05) is 19.8 Å². The Balaban J connectivity index is 1.67. The summed E-state index contributed by atoms with van der Waals surface area (Å²) >= 11 is 5.79. The predicted molar refractivity (Wildman–Crippen MR) is 80.9 cm³/mol. The highest BCUT2D eigenvalue weighted by molar-refractivity contribution is 6.30. The molecule has 2 unspecified atom stereocenters. The van der Waals surface area contributed by atoms with E-state index in [0.29, 0.717) is 36.3 Å². The average molecular weight is 326 g/mol.